The summed E-state index contributed by atoms with van der Waals surface area (Å²) < 4.78 is 4.97. The molecule has 1 aromatic carbocycles. The fourth-order valence-corrected chi connectivity index (χ4v) is 3.67. The number of halogens is 2. The van der Waals surface area contributed by atoms with Gasteiger partial charge in [0.15, 0.2) is 0 Å². The lowest BCUT2D eigenvalue weighted by atomic mass is 10.1. The van der Waals surface area contributed by atoms with E-state index in [1.54, 1.807) is 37.1 Å². The predicted molar refractivity (Wildman–Crippen MR) is 91.4 cm³/mol. The van der Waals surface area contributed by atoms with E-state index in [9.17, 15) is 9.90 Å². The highest BCUT2D eigenvalue weighted by Gasteiger charge is 2.36. The number of aliphatic hydroxyl groups excluding tert-OH is 1. The highest BCUT2D eigenvalue weighted by molar-refractivity contribution is 6.35. The van der Waals surface area contributed by atoms with Crippen molar-refractivity contribution >= 4 is 35.0 Å². The SMILES string of the molecule is Cc1cc(NC(=O)CN(C)[C@H]2c3cc(Cl)cc(Cl)c3C[C@H]2O)on1. The molecule has 3 rings (SSSR count). The molecule has 1 heterocycles. The molecule has 2 atom stereocenters. The van der Waals surface area contributed by atoms with Gasteiger partial charge in [0.2, 0.25) is 11.8 Å². The molecule has 0 radical (unpaired) electrons. The minimum absolute atomic E-state index is 0.0745. The van der Waals surface area contributed by atoms with Crippen LogP contribution in [-0.4, -0.2) is 40.8 Å². The summed E-state index contributed by atoms with van der Waals surface area (Å²) in [4.78, 5) is 13.9. The van der Waals surface area contributed by atoms with Gasteiger partial charge in [0, 0.05) is 22.5 Å². The van der Waals surface area contributed by atoms with Gasteiger partial charge < -0.3 is 9.63 Å². The third kappa shape index (κ3) is 3.42. The highest BCUT2D eigenvalue weighted by atomic mass is 35.5. The molecule has 24 heavy (non-hydrogen) atoms. The zero-order valence-corrected chi connectivity index (χ0v) is 14.7. The molecular formula is C16H17Cl2N3O3. The van der Waals surface area contributed by atoms with Gasteiger partial charge in [-0.15, -0.1) is 0 Å². The second-order valence-corrected chi connectivity index (χ2v) is 6.81. The van der Waals surface area contributed by atoms with Crippen LogP contribution in [0.5, 0.6) is 0 Å². The van der Waals surface area contributed by atoms with Crippen LogP contribution in [0.3, 0.4) is 0 Å². The van der Waals surface area contributed by atoms with Crippen LogP contribution < -0.4 is 5.32 Å². The summed E-state index contributed by atoms with van der Waals surface area (Å²) in [6.45, 7) is 1.84. The van der Waals surface area contributed by atoms with Gasteiger partial charge in [-0.3, -0.25) is 15.0 Å². The number of anilines is 1. The minimum atomic E-state index is -0.652. The molecule has 1 amide bonds. The summed E-state index contributed by atoms with van der Waals surface area (Å²) in [5.41, 5.74) is 2.41. The zero-order valence-electron chi connectivity index (χ0n) is 13.2. The number of hydrogen-bond acceptors (Lipinski definition) is 5. The molecule has 0 aliphatic heterocycles. The Labute approximate surface area is 149 Å². The number of aliphatic hydroxyl groups is 1. The Bertz CT molecular complexity index is 778. The summed E-state index contributed by atoms with van der Waals surface area (Å²) in [7, 11) is 1.77. The Morgan fingerprint density at radius 1 is 1.46 bits per heavy atom. The largest absolute Gasteiger partial charge is 0.391 e. The van der Waals surface area contributed by atoms with Crippen molar-refractivity contribution in [3.05, 3.63) is 45.1 Å². The number of fused-ring (bicyclic) bond motifs is 1. The average Bonchev–Trinajstić information content (AvgIpc) is 3.01. The molecule has 0 fully saturated rings. The van der Waals surface area contributed by atoms with Crippen LogP contribution in [0.25, 0.3) is 0 Å². The Kier molecular flexibility index (Phi) is 4.83. The Morgan fingerprint density at radius 2 is 2.21 bits per heavy atom. The van der Waals surface area contributed by atoms with E-state index < -0.39 is 6.10 Å². The van der Waals surface area contributed by atoms with Gasteiger partial charge in [0.25, 0.3) is 0 Å². The van der Waals surface area contributed by atoms with Gasteiger partial charge in [-0.1, -0.05) is 28.4 Å². The van der Waals surface area contributed by atoms with E-state index in [0.29, 0.717) is 28.0 Å². The van der Waals surface area contributed by atoms with Crippen LogP contribution in [0.15, 0.2) is 22.7 Å². The summed E-state index contributed by atoms with van der Waals surface area (Å²) in [6.07, 6.45) is -0.218. The third-order valence-corrected chi connectivity index (χ3v) is 4.61. The molecule has 2 aromatic rings. The van der Waals surface area contributed by atoms with Crippen LogP contribution >= 0.6 is 23.2 Å². The van der Waals surface area contributed by atoms with Gasteiger partial charge >= 0.3 is 0 Å². The fraction of sp³-hybridized carbons (Fsp3) is 0.375. The number of aromatic nitrogens is 1. The monoisotopic (exact) mass is 369 g/mol. The molecule has 2 N–H and O–H groups in total. The van der Waals surface area contributed by atoms with Crippen molar-refractivity contribution in [1.29, 1.82) is 0 Å². The maximum atomic E-state index is 12.2. The van der Waals surface area contributed by atoms with E-state index in [1.807, 2.05) is 0 Å². The molecule has 1 aromatic heterocycles. The van der Waals surface area contributed by atoms with E-state index in [4.69, 9.17) is 27.7 Å². The fourth-order valence-electron chi connectivity index (χ4n) is 3.09. The first kappa shape index (κ1) is 17.2. The summed E-state index contributed by atoms with van der Waals surface area (Å²) in [6, 6.07) is 4.74. The molecule has 0 unspecified atom stereocenters. The van der Waals surface area contributed by atoms with Gasteiger partial charge in [-0.05, 0) is 37.2 Å². The molecule has 0 saturated carbocycles. The van der Waals surface area contributed by atoms with E-state index in [2.05, 4.69) is 10.5 Å². The molecule has 0 bridgehead atoms. The molecule has 128 valence electrons. The predicted octanol–water partition coefficient (Wildman–Crippen LogP) is 2.82. The second-order valence-electron chi connectivity index (χ2n) is 5.97. The quantitative estimate of drug-likeness (QED) is 0.866. The van der Waals surface area contributed by atoms with Crippen molar-refractivity contribution in [1.82, 2.24) is 10.1 Å². The number of benzene rings is 1. The summed E-state index contributed by atoms with van der Waals surface area (Å²) >= 11 is 12.3. The zero-order chi connectivity index (χ0) is 17.4. The number of nitrogens with zero attached hydrogens (tertiary/aromatic N) is 2. The molecule has 0 spiro atoms. The van der Waals surface area contributed by atoms with Gasteiger partial charge in [0.1, 0.15) is 0 Å². The van der Waals surface area contributed by atoms with Crippen LogP contribution in [0.1, 0.15) is 22.9 Å². The molecule has 8 heteroatoms. The van der Waals surface area contributed by atoms with Crippen molar-refractivity contribution in [2.45, 2.75) is 25.5 Å². The molecule has 0 saturated heterocycles. The number of carbonyl (C=O) groups excluding carboxylic acids is 1. The number of carbonyl (C=O) groups is 1. The second kappa shape index (κ2) is 6.72. The van der Waals surface area contributed by atoms with E-state index in [1.165, 1.54) is 0 Å². The van der Waals surface area contributed by atoms with E-state index >= 15 is 0 Å². The number of hydrogen-bond donors (Lipinski definition) is 2. The van der Waals surface area contributed by atoms with Gasteiger partial charge in [0.05, 0.1) is 24.4 Å². The van der Waals surface area contributed by atoms with Crippen LogP contribution in [-0.2, 0) is 11.2 Å². The summed E-state index contributed by atoms with van der Waals surface area (Å²) in [5.74, 6) is 0.0341. The van der Waals surface area contributed by atoms with Crippen LogP contribution in [0.2, 0.25) is 10.0 Å². The van der Waals surface area contributed by atoms with Crippen molar-refractivity contribution in [3.8, 4) is 0 Å². The van der Waals surface area contributed by atoms with Crippen LogP contribution in [0.4, 0.5) is 5.88 Å². The number of aryl methyl sites for hydroxylation is 1. The number of amides is 1. The molecule has 1 aliphatic carbocycles. The molecule has 6 nitrogen and oxygen atoms in total. The maximum absolute atomic E-state index is 12.2. The van der Waals surface area contributed by atoms with Gasteiger partial charge in [-0.2, -0.15) is 0 Å². The van der Waals surface area contributed by atoms with Crippen molar-refractivity contribution in [3.63, 3.8) is 0 Å². The van der Waals surface area contributed by atoms with Crippen molar-refractivity contribution < 1.29 is 14.4 Å². The Morgan fingerprint density at radius 3 is 2.88 bits per heavy atom. The summed E-state index contributed by atoms with van der Waals surface area (Å²) in [5, 5.41) is 17.8. The first-order valence-electron chi connectivity index (χ1n) is 7.44. The normalized spacial score (nSPS) is 19.6. The lowest BCUT2D eigenvalue weighted by Crippen LogP contribution is -2.37. The highest BCUT2D eigenvalue weighted by Crippen LogP contribution is 2.40. The van der Waals surface area contributed by atoms with Crippen LogP contribution in [0, 0.1) is 6.92 Å². The Balaban J connectivity index is 1.74. The molecule has 1 aliphatic rings. The minimum Gasteiger partial charge on any atom is -0.391 e. The maximum Gasteiger partial charge on any atom is 0.240 e. The lowest BCUT2D eigenvalue weighted by Gasteiger charge is -2.27. The van der Waals surface area contributed by atoms with Gasteiger partial charge in [-0.25, -0.2) is 0 Å². The standard InChI is InChI=1S/C16H17Cl2N3O3/c1-8-3-15(24-20-8)19-14(23)7-21(2)16-11-4-9(17)5-12(18)10(11)6-13(16)22/h3-5,13,16,22H,6-7H2,1-2H3,(H,19,23)/t13-,16+/m1/s1. The smallest absolute Gasteiger partial charge is 0.240 e. The first-order chi connectivity index (χ1) is 11.3. The third-order valence-electron chi connectivity index (χ3n) is 4.05. The molecular weight excluding hydrogens is 353 g/mol. The first-order valence-corrected chi connectivity index (χ1v) is 8.20. The number of rotatable bonds is 4. The van der Waals surface area contributed by atoms with Crippen molar-refractivity contribution in [2.75, 3.05) is 18.9 Å². The topological polar surface area (TPSA) is 78.6 Å². The van der Waals surface area contributed by atoms with Crippen molar-refractivity contribution in [2.24, 2.45) is 0 Å². The van der Waals surface area contributed by atoms with E-state index in [0.717, 1.165) is 11.1 Å². The number of nitrogens with one attached hydrogen (secondary N) is 1. The lowest BCUT2D eigenvalue weighted by molar-refractivity contribution is -0.118. The average molecular weight is 370 g/mol. The van der Waals surface area contributed by atoms with E-state index in [-0.39, 0.29) is 18.5 Å². The number of likely N-dealkylation sites (N-methyl/N-ethyl adjacent to an activating group) is 1. The Hall–Kier alpha value is -1.60.